The molecule has 4 heteroatoms. The zero-order chi connectivity index (χ0) is 13.4. The summed E-state index contributed by atoms with van der Waals surface area (Å²) in [5.41, 5.74) is 5.79. The van der Waals surface area contributed by atoms with Crippen molar-refractivity contribution in [3.63, 3.8) is 0 Å². The van der Waals surface area contributed by atoms with Gasteiger partial charge in [-0.3, -0.25) is 4.99 Å². The molecule has 0 radical (unpaired) electrons. The Morgan fingerprint density at radius 3 is 2.89 bits per heavy atom. The first-order valence-electron chi connectivity index (χ1n) is 7.37. The molecule has 0 spiro atoms. The van der Waals surface area contributed by atoms with E-state index >= 15 is 0 Å². The number of rotatable bonds is 6. The molecular weight excluding hydrogens is 224 g/mol. The van der Waals surface area contributed by atoms with Gasteiger partial charge in [0.2, 0.25) is 0 Å². The molecule has 0 bridgehead atoms. The molecule has 1 heterocycles. The average molecular weight is 254 g/mol. The van der Waals surface area contributed by atoms with Crippen LogP contribution in [-0.2, 0) is 0 Å². The minimum Gasteiger partial charge on any atom is -0.370 e. The smallest absolute Gasteiger partial charge is 0.188 e. The third-order valence-corrected chi connectivity index (χ3v) is 3.50. The van der Waals surface area contributed by atoms with Gasteiger partial charge in [0.1, 0.15) is 0 Å². The molecule has 0 aromatic carbocycles. The lowest BCUT2D eigenvalue weighted by Gasteiger charge is -2.33. The van der Waals surface area contributed by atoms with Gasteiger partial charge in [0.05, 0.1) is 0 Å². The molecule has 0 aliphatic carbocycles. The van der Waals surface area contributed by atoms with Crippen molar-refractivity contribution in [3.05, 3.63) is 0 Å². The highest BCUT2D eigenvalue weighted by atomic mass is 15.2. The fourth-order valence-electron chi connectivity index (χ4n) is 2.33. The molecule has 1 aliphatic rings. The first-order chi connectivity index (χ1) is 8.59. The molecule has 3 N–H and O–H groups in total. The molecule has 106 valence electrons. The average Bonchev–Trinajstić information content (AvgIpc) is 2.34. The van der Waals surface area contributed by atoms with Crippen molar-refractivity contribution in [2.45, 2.75) is 52.5 Å². The van der Waals surface area contributed by atoms with Crippen molar-refractivity contribution in [2.75, 3.05) is 26.2 Å². The van der Waals surface area contributed by atoms with E-state index in [1.807, 2.05) is 0 Å². The Bertz CT molecular complexity index is 250. The maximum absolute atomic E-state index is 5.79. The number of piperidine rings is 1. The first kappa shape index (κ1) is 15.3. The Kier molecular flexibility index (Phi) is 7.09. The van der Waals surface area contributed by atoms with Crippen molar-refractivity contribution < 1.29 is 0 Å². The maximum atomic E-state index is 5.79. The van der Waals surface area contributed by atoms with Crippen LogP contribution in [-0.4, -0.2) is 43.1 Å². The highest BCUT2D eigenvalue weighted by molar-refractivity contribution is 5.77. The fraction of sp³-hybridized carbons (Fsp3) is 0.929. The highest BCUT2D eigenvalue weighted by Crippen LogP contribution is 2.15. The molecule has 0 aromatic rings. The van der Waals surface area contributed by atoms with Gasteiger partial charge in [0.15, 0.2) is 5.96 Å². The zero-order valence-electron chi connectivity index (χ0n) is 12.3. The van der Waals surface area contributed by atoms with E-state index < -0.39 is 0 Å². The molecular formula is C14H30N4. The summed E-state index contributed by atoms with van der Waals surface area (Å²) in [6.07, 6.45) is 5.24. The quantitative estimate of drug-likeness (QED) is 0.432. The Hall–Kier alpha value is -0.770. The monoisotopic (exact) mass is 254 g/mol. The number of nitrogens with two attached hydrogens (primary N) is 1. The molecule has 1 rings (SSSR count). The number of hydrogen-bond acceptors (Lipinski definition) is 2. The Morgan fingerprint density at radius 1 is 1.44 bits per heavy atom. The van der Waals surface area contributed by atoms with Gasteiger partial charge in [-0.2, -0.15) is 0 Å². The third-order valence-electron chi connectivity index (χ3n) is 3.50. The standard InChI is InChI=1S/C14H30N4/c1-12(2)11-17-14(15)16-8-6-10-18-9-5-4-7-13(18)3/h12-13H,4-11H2,1-3H3,(H3,15,16,17). The van der Waals surface area contributed by atoms with E-state index in [-0.39, 0.29) is 0 Å². The van der Waals surface area contributed by atoms with Crippen molar-refractivity contribution in [1.29, 1.82) is 0 Å². The number of guanidine groups is 1. The Balaban J connectivity index is 2.08. The second kappa shape index (κ2) is 8.35. The number of aliphatic imine (C=N–C) groups is 1. The number of nitrogens with zero attached hydrogens (tertiary/aromatic N) is 2. The summed E-state index contributed by atoms with van der Waals surface area (Å²) < 4.78 is 0. The summed E-state index contributed by atoms with van der Waals surface area (Å²) >= 11 is 0. The molecule has 0 amide bonds. The summed E-state index contributed by atoms with van der Waals surface area (Å²) in [6.45, 7) is 10.8. The molecule has 4 nitrogen and oxygen atoms in total. The topological polar surface area (TPSA) is 53.6 Å². The molecule has 1 aliphatic heterocycles. The molecule has 1 fully saturated rings. The second-order valence-electron chi connectivity index (χ2n) is 5.78. The molecule has 1 unspecified atom stereocenters. The summed E-state index contributed by atoms with van der Waals surface area (Å²) in [5.74, 6) is 1.16. The minimum absolute atomic E-state index is 0.569. The van der Waals surface area contributed by atoms with Gasteiger partial charge in [-0.15, -0.1) is 0 Å². The van der Waals surface area contributed by atoms with E-state index in [9.17, 15) is 0 Å². The van der Waals surface area contributed by atoms with Gasteiger partial charge >= 0.3 is 0 Å². The first-order valence-corrected chi connectivity index (χ1v) is 7.37. The predicted octanol–water partition coefficient (Wildman–Crippen LogP) is 1.81. The lowest BCUT2D eigenvalue weighted by Crippen LogP contribution is -2.40. The maximum Gasteiger partial charge on any atom is 0.188 e. The van der Waals surface area contributed by atoms with E-state index in [2.05, 4.69) is 36.0 Å². The van der Waals surface area contributed by atoms with Crippen molar-refractivity contribution >= 4 is 5.96 Å². The lowest BCUT2D eigenvalue weighted by molar-refractivity contribution is 0.159. The highest BCUT2D eigenvalue weighted by Gasteiger charge is 2.16. The van der Waals surface area contributed by atoms with E-state index in [0.717, 1.165) is 25.6 Å². The van der Waals surface area contributed by atoms with Crippen LogP contribution in [0.2, 0.25) is 0 Å². The van der Waals surface area contributed by atoms with Crippen molar-refractivity contribution in [2.24, 2.45) is 16.6 Å². The van der Waals surface area contributed by atoms with Gasteiger partial charge in [-0.05, 0) is 38.6 Å². The van der Waals surface area contributed by atoms with Crippen LogP contribution in [0, 0.1) is 5.92 Å². The minimum atomic E-state index is 0.569. The normalized spacial score (nSPS) is 22.4. The number of likely N-dealkylation sites (tertiary alicyclic amines) is 1. The molecule has 1 atom stereocenters. The van der Waals surface area contributed by atoms with Crippen molar-refractivity contribution in [1.82, 2.24) is 10.2 Å². The molecule has 18 heavy (non-hydrogen) atoms. The number of hydrogen-bond donors (Lipinski definition) is 2. The molecule has 0 aromatic heterocycles. The second-order valence-corrected chi connectivity index (χ2v) is 5.78. The van der Waals surface area contributed by atoms with Crippen LogP contribution in [0.3, 0.4) is 0 Å². The van der Waals surface area contributed by atoms with Crippen LogP contribution in [0.1, 0.15) is 46.5 Å². The van der Waals surface area contributed by atoms with E-state index in [1.165, 1.54) is 32.4 Å². The van der Waals surface area contributed by atoms with Crippen LogP contribution in [0.25, 0.3) is 0 Å². The van der Waals surface area contributed by atoms with E-state index in [0.29, 0.717) is 11.9 Å². The van der Waals surface area contributed by atoms with Gasteiger partial charge in [0.25, 0.3) is 0 Å². The van der Waals surface area contributed by atoms with E-state index in [4.69, 9.17) is 5.73 Å². The summed E-state index contributed by atoms with van der Waals surface area (Å²) in [4.78, 5) is 6.88. The van der Waals surface area contributed by atoms with E-state index in [1.54, 1.807) is 0 Å². The largest absolute Gasteiger partial charge is 0.370 e. The van der Waals surface area contributed by atoms with Crippen molar-refractivity contribution in [3.8, 4) is 0 Å². The molecule has 1 saturated heterocycles. The van der Waals surface area contributed by atoms with Crippen LogP contribution >= 0.6 is 0 Å². The third kappa shape index (κ3) is 6.24. The Morgan fingerprint density at radius 2 is 2.22 bits per heavy atom. The fourth-order valence-corrected chi connectivity index (χ4v) is 2.33. The van der Waals surface area contributed by atoms with Gasteiger partial charge in [-0.25, -0.2) is 0 Å². The zero-order valence-corrected chi connectivity index (χ0v) is 12.3. The summed E-state index contributed by atoms with van der Waals surface area (Å²) in [6, 6.07) is 0.755. The van der Waals surface area contributed by atoms with Crippen LogP contribution in [0.4, 0.5) is 0 Å². The predicted molar refractivity (Wildman–Crippen MR) is 78.8 cm³/mol. The van der Waals surface area contributed by atoms with Crippen LogP contribution in [0.15, 0.2) is 4.99 Å². The lowest BCUT2D eigenvalue weighted by atomic mass is 10.0. The van der Waals surface area contributed by atoms with Crippen LogP contribution < -0.4 is 11.1 Å². The molecule has 0 saturated carbocycles. The Labute approximate surface area is 112 Å². The SMILES string of the molecule is CC(C)CN=C(N)NCCCN1CCCCC1C. The number of nitrogens with one attached hydrogen (secondary N) is 1. The van der Waals surface area contributed by atoms with Gasteiger partial charge < -0.3 is 16.0 Å². The summed E-state index contributed by atoms with van der Waals surface area (Å²) in [5, 5.41) is 3.19. The summed E-state index contributed by atoms with van der Waals surface area (Å²) in [7, 11) is 0. The van der Waals surface area contributed by atoms with Gasteiger partial charge in [0, 0.05) is 25.7 Å². The van der Waals surface area contributed by atoms with Crippen LogP contribution in [0.5, 0.6) is 0 Å². The van der Waals surface area contributed by atoms with Gasteiger partial charge in [-0.1, -0.05) is 20.3 Å².